The van der Waals surface area contributed by atoms with Gasteiger partial charge in [-0.05, 0) is 38.5 Å². The summed E-state index contributed by atoms with van der Waals surface area (Å²) in [6.45, 7) is 3.83. The van der Waals surface area contributed by atoms with E-state index in [9.17, 15) is 0 Å². The van der Waals surface area contributed by atoms with E-state index >= 15 is 0 Å². The summed E-state index contributed by atoms with van der Waals surface area (Å²) in [5.74, 6) is 1.66. The van der Waals surface area contributed by atoms with E-state index in [1.54, 1.807) is 5.57 Å². The molecule has 1 fully saturated rings. The van der Waals surface area contributed by atoms with Crippen molar-refractivity contribution < 1.29 is 4.74 Å². The standard InChI is InChI=1S/C16H29N3O.HI/c1-17-16(19(2)12-15-9-11-20-13-15)18-10-8-14-6-4-3-5-7-14;/h6,15H,3-5,7-13H2,1-2H3,(H,17,18);1H. The molecule has 0 aromatic rings. The maximum atomic E-state index is 5.44. The van der Waals surface area contributed by atoms with E-state index in [0.717, 1.165) is 38.7 Å². The Hall–Kier alpha value is -0.300. The Morgan fingerprint density at radius 1 is 1.48 bits per heavy atom. The highest BCUT2D eigenvalue weighted by molar-refractivity contribution is 14.0. The third kappa shape index (κ3) is 6.55. The minimum absolute atomic E-state index is 0. The second-order valence-electron chi connectivity index (χ2n) is 5.94. The molecule has 1 aliphatic heterocycles. The zero-order valence-electron chi connectivity index (χ0n) is 13.4. The van der Waals surface area contributed by atoms with Crippen LogP contribution in [-0.4, -0.2) is 51.3 Å². The van der Waals surface area contributed by atoms with Crippen molar-refractivity contribution in [1.29, 1.82) is 0 Å². The molecule has 1 N–H and O–H groups in total. The SMILES string of the molecule is CN=C(NCCC1=CCCCC1)N(C)CC1CCOC1.I. The van der Waals surface area contributed by atoms with Crippen LogP contribution in [0.2, 0.25) is 0 Å². The fraction of sp³-hybridized carbons (Fsp3) is 0.812. The van der Waals surface area contributed by atoms with Crippen molar-refractivity contribution in [2.45, 2.75) is 38.5 Å². The van der Waals surface area contributed by atoms with Crippen LogP contribution in [0.15, 0.2) is 16.6 Å². The number of aliphatic imine (C=N–C) groups is 1. The van der Waals surface area contributed by atoms with Gasteiger partial charge in [0.05, 0.1) is 6.61 Å². The fourth-order valence-electron chi connectivity index (χ4n) is 3.05. The van der Waals surface area contributed by atoms with Gasteiger partial charge in [0.1, 0.15) is 0 Å². The van der Waals surface area contributed by atoms with Gasteiger partial charge in [-0.3, -0.25) is 4.99 Å². The van der Waals surface area contributed by atoms with E-state index in [0.29, 0.717) is 5.92 Å². The van der Waals surface area contributed by atoms with Crippen LogP contribution in [0.1, 0.15) is 38.5 Å². The van der Waals surface area contributed by atoms with Gasteiger partial charge in [0.15, 0.2) is 5.96 Å². The lowest BCUT2D eigenvalue weighted by atomic mass is 9.97. The normalized spacial score (nSPS) is 22.5. The number of nitrogens with one attached hydrogen (secondary N) is 1. The van der Waals surface area contributed by atoms with Crippen LogP contribution in [0.3, 0.4) is 0 Å². The second-order valence-corrected chi connectivity index (χ2v) is 5.94. The quantitative estimate of drug-likeness (QED) is 0.330. The van der Waals surface area contributed by atoms with Gasteiger partial charge in [0, 0.05) is 39.7 Å². The van der Waals surface area contributed by atoms with Crippen molar-refractivity contribution >= 4 is 29.9 Å². The summed E-state index contributed by atoms with van der Waals surface area (Å²) in [5.41, 5.74) is 1.62. The second kappa shape index (κ2) is 10.4. The van der Waals surface area contributed by atoms with Gasteiger partial charge in [-0.15, -0.1) is 24.0 Å². The molecule has 2 aliphatic rings. The van der Waals surface area contributed by atoms with Gasteiger partial charge < -0.3 is 15.0 Å². The maximum Gasteiger partial charge on any atom is 0.193 e. The molecule has 0 bridgehead atoms. The predicted octanol–water partition coefficient (Wildman–Crippen LogP) is 3.04. The van der Waals surface area contributed by atoms with Crippen molar-refractivity contribution in [3.05, 3.63) is 11.6 Å². The minimum atomic E-state index is 0. The summed E-state index contributed by atoms with van der Waals surface area (Å²) in [6.07, 6.45) is 10.0. The van der Waals surface area contributed by atoms with E-state index in [1.165, 1.54) is 32.1 Å². The molecule has 1 heterocycles. The Morgan fingerprint density at radius 2 is 2.33 bits per heavy atom. The Labute approximate surface area is 146 Å². The van der Waals surface area contributed by atoms with Gasteiger partial charge in [0.25, 0.3) is 0 Å². The number of guanidine groups is 1. The topological polar surface area (TPSA) is 36.9 Å². The van der Waals surface area contributed by atoms with Crippen LogP contribution in [0.5, 0.6) is 0 Å². The molecular formula is C16H30IN3O. The maximum absolute atomic E-state index is 5.44. The van der Waals surface area contributed by atoms with Crippen molar-refractivity contribution in [2.75, 3.05) is 40.4 Å². The first-order chi connectivity index (χ1) is 9.79. The van der Waals surface area contributed by atoms with Gasteiger partial charge in [0.2, 0.25) is 0 Å². The first-order valence-electron chi connectivity index (χ1n) is 7.97. The van der Waals surface area contributed by atoms with Gasteiger partial charge in [-0.1, -0.05) is 11.6 Å². The van der Waals surface area contributed by atoms with Crippen LogP contribution in [0.25, 0.3) is 0 Å². The van der Waals surface area contributed by atoms with Crippen molar-refractivity contribution in [1.82, 2.24) is 10.2 Å². The molecule has 0 aromatic heterocycles. The fourth-order valence-corrected chi connectivity index (χ4v) is 3.05. The van der Waals surface area contributed by atoms with Crippen LogP contribution in [0.4, 0.5) is 0 Å². The molecule has 0 spiro atoms. The molecule has 1 unspecified atom stereocenters. The van der Waals surface area contributed by atoms with Crippen molar-refractivity contribution in [3.8, 4) is 0 Å². The highest BCUT2D eigenvalue weighted by Crippen LogP contribution is 2.19. The third-order valence-corrected chi connectivity index (χ3v) is 4.24. The Kier molecular flexibility index (Phi) is 9.31. The number of nitrogens with zero attached hydrogens (tertiary/aromatic N) is 2. The first kappa shape index (κ1) is 18.7. The Balaban J connectivity index is 0.00000220. The summed E-state index contributed by atoms with van der Waals surface area (Å²) in [7, 11) is 3.98. The minimum Gasteiger partial charge on any atom is -0.381 e. The van der Waals surface area contributed by atoms with E-state index in [2.05, 4.69) is 28.3 Å². The largest absolute Gasteiger partial charge is 0.381 e. The number of hydrogen-bond acceptors (Lipinski definition) is 2. The molecule has 0 saturated carbocycles. The molecule has 5 heteroatoms. The highest BCUT2D eigenvalue weighted by atomic mass is 127. The number of halogens is 1. The zero-order valence-corrected chi connectivity index (χ0v) is 15.8. The van der Waals surface area contributed by atoms with Crippen LogP contribution in [0, 0.1) is 5.92 Å². The summed E-state index contributed by atoms with van der Waals surface area (Å²) in [4.78, 5) is 6.61. The average molecular weight is 407 g/mol. The molecule has 122 valence electrons. The summed E-state index contributed by atoms with van der Waals surface area (Å²) in [6, 6.07) is 0. The van der Waals surface area contributed by atoms with E-state index in [4.69, 9.17) is 4.74 Å². The molecular weight excluding hydrogens is 377 g/mol. The summed E-state index contributed by atoms with van der Waals surface area (Å²) >= 11 is 0. The first-order valence-corrected chi connectivity index (χ1v) is 7.97. The highest BCUT2D eigenvalue weighted by Gasteiger charge is 2.18. The number of ether oxygens (including phenoxy) is 1. The average Bonchev–Trinajstić information content (AvgIpc) is 2.97. The summed E-state index contributed by atoms with van der Waals surface area (Å²) in [5, 5.41) is 3.48. The molecule has 2 rings (SSSR count). The van der Waals surface area contributed by atoms with Gasteiger partial charge in [-0.25, -0.2) is 0 Å². The number of rotatable bonds is 5. The Bertz CT molecular complexity index is 351. The molecule has 4 nitrogen and oxygen atoms in total. The molecule has 1 aliphatic carbocycles. The van der Waals surface area contributed by atoms with Crippen LogP contribution in [-0.2, 0) is 4.74 Å². The smallest absolute Gasteiger partial charge is 0.193 e. The number of allylic oxidation sites excluding steroid dienone is 1. The zero-order chi connectivity index (χ0) is 14.2. The molecule has 21 heavy (non-hydrogen) atoms. The lowest BCUT2D eigenvalue weighted by Gasteiger charge is -2.24. The molecule has 0 amide bonds. The predicted molar refractivity (Wildman–Crippen MR) is 99.5 cm³/mol. The van der Waals surface area contributed by atoms with E-state index in [1.807, 2.05) is 7.05 Å². The lowest BCUT2D eigenvalue weighted by molar-refractivity contribution is 0.181. The molecule has 0 radical (unpaired) electrons. The van der Waals surface area contributed by atoms with Crippen LogP contribution >= 0.6 is 24.0 Å². The Morgan fingerprint density at radius 3 is 2.95 bits per heavy atom. The monoisotopic (exact) mass is 407 g/mol. The van der Waals surface area contributed by atoms with E-state index < -0.39 is 0 Å². The van der Waals surface area contributed by atoms with E-state index in [-0.39, 0.29) is 24.0 Å². The summed E-state index contributed by atoms with van der Waals surface area (Å²) < 4.78 is 5.44. The van der Waals surface area contributed by atoms with Gasteiger partial charge in [-0.2, -0.15) is 0 Å². The molecule has 1 atom stereocenters. The number of hydrogen-bond donors (Lipinski definition) is 1. The molecule has 1 saturated heterocycles. The van der Waals surface area contributed by atoms with Crippen molar-refractivity contribution in [2.24, 2.45) is 10.9 Å². The van der Waals surface area contributed by atoms with Crippen molar-refractivity contribution in [3.63, 3.8) is 0 Å². The lowest BCUT2D eigenvalue weighted by Crippen LogP contribution is -2.41. The van der Waals surface area contributed by atoms with Gasteiger partial charge >= 0.3 is 0 Å². The van der Waals surface area contributed by atoms with Crippen LogP contribution < -0.4 is 5.32 Å². The third-order valence-electron chi connectivity index (χ3n) is 4.24. The molecule has 0 aromatic carbocycles.